The number of hydrogen-bond donors (Lipinski definition) is 4. The van der Waals surface area contributed by atoms with E-state index in [1.807, 2.05) is 6.26 Å². The minimum absolute atomic E-state index is 0.128. The van der Waals surface area contributed by atoms with Crippen LogP contribution in [-0.2, 0) is 36.3 Å². The lowest BCUT2D eigenvalue weighted by Gasteiger charge is -2.20. The van der Waals surface area contributed by atoms with Gasteiger partial charge in [0.15, 0.2) is 0 Å². The monoisotopic (exact) mass is 544 g/mol. The summed E-state index contributed by atoms with van der Waals surface area (Å²) < 4.78 is 58.6. The Hall–Kier alpha value is -0.250. The fraction of sp³-hybridized carbons (Fsp3) is 0.636. The molecule has 20 heteroatoms. The summed E-state index contributed by atoms with van der Waals surface area (Å²) in [6.45, 7) is -0.623. The molecule has 31 heavy (non-hydrogen) atoms. The maximum absolute atomic E-state index is 12.0. The summed E-state index contributed by atoms with van der Waals surface area (Å²) in [6.07, 6.45) is 0.590. The molecule has 178 valence electrons. The topological polar surface area (TPSA) is 213 Å². The molecule has 0 radical (unpaired) electrons. The molecule has 1 aromatic heterocycles. The molecular weight excluding hydrogens is 525 g/mol. The lowest BCUT2D eigenvalue weighted by atomic mass is 10.2. The van der Waals surface area contributed by atoms with Gasteiger partial charge in [-0.15, -0.1) is 0 Å². The minimum Gasteiger partial charge on any atom is -0.364 e. The third kappa shape index (κ3) is 9.26. The molecule has 0 aliphatic carbocycles. The Morgan fingerprint density at radius 3 is 2.65 bits per heavy atom. The van der Waals surface area contributed by atoms with Gasteiger partial charge in [0.25, 0.3) is 5.56 Å². The fourth-order valence-electron chi connectivity index (χ4n) is 2.42. The van der Waals surface area contributed by atoms with Crippen molar-refractivity contribution in [3.05, 3.63) is 33.1 Å². The zero-order valence-electron chi connectivity index (χ0n) is 15.6. The second-order valence-electron chi connectivity index (χ2n) is 5.68. The first kappa shape index (κ1) is 27.0. The summed E-state index contributed by atoms with van der Waals surface area (Å²) >= 11 is 0. The van der Waals surface area contributed by atoms with Gasteiger partial charge in [0, 0.05) is 18.7 Å². The van der Waals surface area contributed by atoms with Crippen molar-refractivity contribution in [2.45, 2.75) is 24.9 Å². The number of hydrogen-bond acceptors (Lipinski definition) is 12. The Balaban J connectivity index is 2.05. The Morgan fingerprint density at radius 2 is 2.03 bits per heavy atom. The van der Waals surface area contributed by atoms with E-state index in [0.717, 1.165) is 10.6 Å². The number of rotatable bonds is 12. The molecule has 5 atom stereocenters. The van der Waals surface area contributed by atoms with Crippen LogP contribution in [0.3, 0.4) is 0 Å². The third-order valence-electron chi connectivity index (χ3n) is 3.58. The van der Waals surface area contributed by atoms with Crippen molar-refractivity contribution >= 4 is 45.5 Å². The van der Waals surface area contributed by atoms with Gasteiger partial charge in [-0.2, -0.15) is 0 Å². The molecule has 2 rings (SSSR count). The van der Waals surface area contributed by atoms with Crippen LogP contribution >= 0.6 is 45.5 Å². The van der Waals surface area contributed by atoms with Crippen LogP contribution in [0.1, 0.15) is 12.6 Å². The highest BCUT2D eigenvalue weighted by Crippen LogP contribution is 2.58. The lowest BCUT2D eigenvalue weighted by molar-refractivity contribution is -0.0540. The molecule has 1 saturated heterocycles. The third-order valence-corrected chi connectivity index (χ3v) is 8.58. The highest BCUT2D eigenvalue weighted by molar-refractivity contribution is 8.76. The molecular formula is C11H19N2O13P3S2. The van der Waals surface area contributed by atoms with Crippen molar-refractivity contribution < 1.29 is 51.0 Å². The summed E-state index contributed by atoms with van der Waals surface area (Å²) in [7, 11) is -11.5. The molecule has 1 aliphatic heterocycles. The zero-order chi connectivity index (χ0) is 23.2. The molecule has 15 nitrogen and oxygen atoms in total. The Morgan fingerprint density at radius 1 is 1.32 bits per heavy atom. The van der Waals surface area contributed by atoms with Crippen LogP contribution in [0, 0.1) is 0 Å². The first-order valence-corrected chi connectivity index (χ1v) is 15.1. The van der Waals surface area contributed by atoms with Crippen molar-refractivity contribution in [3.8, 4) is 0 Å². The molecule has 4 N–H and O–H groups in total. The number of aromatic nitrogens is 2. The standard InChI is InChI=1S/C11H19N2O13P3S2/c1-30-31-6-22-7-4-10(13-3-2-9(14)12-11(13)15)24-8(7)5-23-29(20,21)26-27(16)25-28(17,18)19/h2-3,7-8,10,27H,4-6H2,1H3,(H,20,21)(H,12,14,15)(H2,17,18,19)/t7-,8+,10?/m0/s1. The van der Waals surface area contributed by atoms with Gasteiger partial charge in [0.2, 0.25) is 0 Å². The number of nitrogens with one attached hydrogen (secondary N) is 1. The molecule has 2 heterocycles. The van der Waals surface area contributed by atoms with Crippen LogP contribution in [0.5, 0.6) is 0 Å². The van der Waals surface area contributed by atoms with E-state index in [4.69, 9.17) is 19.3 Å². The summed E-state index contributed by atoms with van der Waals surface area (Å²) in [6, 6.07) is 1.11. The van der Waals surface area contributed by atoms with Crippen LogP contribution in [0.2, 0.25) is 0 Å². The highest BCUT2D eigenvalue weighted by atomic mass is 33.1. The van der Waals surface area contributed by atoms with E-state index in [1.165, 1.54) is 27.8 Å². The quantitative estimate of drug-likeness (QED) is 0.124. The van der Waals surface area contributed by atoms with Gasteiger partial charge < -0.3 is 24.2 Å². The van der Waals surface area contributed by atoms with Gasteiger partial charge in [0.05, 0.1) is 12.7 Å². The van der Waals surface area contributed by atoms with Gasteiger partial charge in [-0.05, 0) is 6.26 Å². The van der Waals surface area contributed by atoms with Crippen molar-refractivity contribution in [1.82, 2.24) is 9.55 Å². The highest BCUT2D eigenvalue weighted by Gasteiger charge is 2.40. The SMILES string of the molecule is CSSCO[C@H]1CC(n2ccc(=O)[nH]c2=O)O[C@@H]1COP(=O)(O)O[PH](=O)OP(=O)(O)O. The van der Waals surface area contributed by atoms with E-state index in [9.17, 15) is 28.2 Å². The van der Waals surface area contributed by atoms with Crippen LogP contribution in [0.4, 0.5) is 0 Å². The van der Waals surface area contributed by atoms with E-state index >= 15 is 0 Å². The Kier molecular flexibility index (Phi) is 10.2. The van der Waals surface area contributed by atoms with Gasteiger partial charge in [0.1, 0.15) is 18.3 Å². The first-order chi connectivity index (χ1) is 14.4. The number of nitrogens with zero attached hydrogens (tertiary/aromatic N) is 1. The lowest BCUT2D eigenvalue weighted by Crippen LogP contribution is -2.31. The fourth-order valence-corrected chi connectivity index (χ4v) is 5.71. The second kappa shape index (κ2) is 11.7. The van der Waals surface area contributed by atoms with Crippen LogP contribution < -0.4 is 11.2 Å². The largest absolute Gasteiger partial charge is 0.479 e. The van der Waals surface area contributed by atoms with Crippen molar-refractivity contribution in [2.75, 3.05) is 18.8 Å². The number of ether oxygens (including phenoxy) is 2. The molecule has 1 fully saturated rings. The number of phosphoric acid groups is 2. The van der Waals surface area contributed by atoms with E-state index in [0.29, 0.717) is 0 Å². The Labute approximate surface area is 183 Å². The van der Waals surface area contributed by atoms with Gasteiger partial charge >= 0.3 is 29.6 Å². The van der Waals surface area contributed by atoms with E-state index < -0.39 is 60.2 Å². The van der Waals surface area contributed by atoms with Gasteiger partial charge in [-0.1, -0.05) is 21.6 Å². The van der Waals surface area contributed by atoms with E-state index in [2.05, 4.69) is 18.1 Å². The van der Waals surface area contributed by atoms with Crippen LogP contribution in [0.15, 0.2) is 21.9 Å². The molecule has 0 spiro atoms. The first-order valence-electron chi connectivity index (χ1n) is 8.10. The number of H-pyrrole nitrogens is 1. The minimum atomic E-state index is -5.21. The maximum Gasteiger partial charge on any atom is 0.479 e. The molecule has 0 saturated carbocycles. The molecule has 1 aromatic rings. The van der Waals surface area contributed by atoms with Crippen LogP contribution in [0.25, 0.3) is 0 Å². The Bertz CT molecular complexity index is 980. The molecule has 0 bridgehead atoms. The summed E-state index contributed by atoms with van der Waals surface area (Å²) in [5, 5.41) is 0. The van der Waals surface area contributed by atoms with E-state index in [1.54, 1.807) is 0 Å². The van der Waals surface area contributed by atoms with Crippen LogP contribution in [-0.4, -0.2) is 55.2 Å². The summed E-state index contributed by atoms with van der Waals surface area (Å²) in [5.74, 6) is 0.218. The molecule has 0 amide bonds. The van der Waals surface area contributed by atoms with Crippen molar-refractivity contribution in [3.63, 3.8) is 0 Å². The molecule has 0 aromatic carbocycles. The number of aromatic amines is 1. The normalized spacial score (nSPS) is 24.7. The predicted molar refractivity (Wildman–Crippen MR) is 110 cm³/mol. The van der Waals surface area contributed by atoms with Gasteiger partial charge in [-0.3, -0.25) is 23.4 Å². The zero-order valence-corrected chi connectivity index (χ0v) is 20.0. The average molecular weight is 544 g/mol. The molecule has 1 aliphatic rings. The smallest absolute Gasteiger partial charge is 0.364 e. The molecule has 3 unspecified atom stereocenters. The second-order valence-corrected chi connectivity index (χ2v) is 12.3. The maximum atomic E-state index is 12.0. The van der Waals surface area contributed by atoms with Gasteiger partial charge in [-0.25, -0.2) is 22.5 Å². The predicted octanol–water partition coefficient (Wildman–Crippen LogP) is 0.811. The number of phosphoric ester groups is 1. The van der Waals surface area contributed by atoms with Crippen molar-refractivity contribution in [1.29, 1.82) is 0 Å². The average Bonchev–Trinajstić information content (AvgIpc) is 3.01. The van der Waals surface area contributed by atoms with E-state index in [-0.39, 0.29) is 12.4 Å². The summed E-state index contributed by atoms with van der Waals surface area (Å²) in [5.41, 5.74) is -1.34. The summed E-state index contributed by atoms with van der Waals surface area (Å²) in [4.78, 5) is 52.0. The van der Waals surface area contributed by atoms with Crippen molar-refractivity contribution in [2.24, 2.45) is 0 Å².